The number of ether oxygens (including phenoxy) is 1. The van der Waals surface area contributed by atoms with Crippen LogP contribution < -0.4 is 5.73 Å². The highest BCUT2D eigenvalue weighted by Gasteiger charge is 2.29. The van der Waals surface area contributed by atoms with E-state index in [4.69, 9.17) is 22.1 Å². The van der Waals surface area contributed by atoms with Crippen LogP contribution in [0.4, 0.5) is 0 Å². The summed E-state index contributed by atoms with van der Waals surface area (Å²) in [5, 5.41) is 9.96. The number of halogens is 1. The van der Waals surface area contributed by atoms with Gasteiger partial charge in [-0.05, 0) is 24.6 Å². The lowest BCUT2D eigenvalue weighted by Crippen LogP contribution is -2.49. The molecule has 3 atom stereocenters. The minimum Gasteiger partial charge on any atom is -0.394 e. The first-order chi connectivity index (χ1) is 9.11. The van der Waals surface area contributed by atoms with Crippen LogP contribution in [0.3, 0.4) is 0 Å². The van der Waals surface area contributed by atoms with Gasteiger partial charge in [0.05, 0.1) is 19.3 Å². The number of aliphatic hydroxyl groups excluding tert-OH is 1. The molecule has 2 rings (SSSR count). The molecule has 0 aromatic heterocycles. The molecule has 5 heteroatoms. The van der Waals surface area contributed by atoms with E-state index >= 15 is 0 Å². The molecule has 0 amide bonds. The predicted octanol–water partition coefficient (Wildman–Crippen LogP) is 1.42. The van der Waals surface area contributed by atoms with Crippen LogP contribution in [0.5, 0.6) is 0 Å². The summed E-state index contributed by atoms with van der Waals surface area (Å²) in [6.45, 7) is 4.20. The van der Waals surface area contributed by atoms with Crippen molar-refractivity contribution in [2.24, 2.45) is 5.73 Å². The van der Waals surface area contributed by atoms with Crippen LogP contribution in [0.25, 0.3) is 0 Å². The van der Waals surface area contributed by atoms with Crippen molar-refractivity contribution >= 4 is 11.6 Å². The molecule has 1 aromatic rings. The molecule has 1 heterocycles. The molecule has 3 N–H and O–H groups in total. The maximum Gasteiger partial charge on any atom is 0.0933 e. The monoisotopic (exact) mass is 284 g/mol. The molecule has 106 valence electrons. The Labute approximate surface area is 119 Å². The van der Waals surface area contributed by atoms with Gasteiger partial charge in [-0.15, -0.1) is 0 Å². The van der Waals surface area contributed by atoms with Crippen LogP contribution in [0.2, 0.25) is 5.02 Å². The topological polar surface area (TPSA) is 58.7 Å². The molecule has 4 nitrogen and oxygen atoms in total. The normalized spacial score (nSPS) is 24.1. The molecule has 0 radical (unpaired) electrons. The minimum atomic E-state index is -0.123. The maximum atomic E-state index is 9.24. The highest BCUT2D eigenvalue weighted by molar-refractivity contribution is 6.30. The van der Waals surface area contributed by atoms with Crippen LogP contribution in [0.15, 0.2) is 24.3 Å². The number of benzene rings is 1. The van der Waals surface area contributed by atoms with Gasteiger partial charge in [0.15, 0.2) is 0 Å². The number of morpholine rings is 1. The Hall–Kier alpha value is -0.650. The average molecular weight is 285 g/mol. The Balaban J connectivity index is 2.17. The number of nitrogens with zero attached hydrogens (tertiary/aromatic N) is 1. The van der Waals surface area contributed by atoms with Crippen LogP contribution in [-0.4, -0.2) is 48.5 Å². The molecule has 3 unspecified atom stereocenters. The van der Waals surface area contributed by atoms with E-state index in [9.17, 15) is 5.11 Å². The summed E-state index contributed by atoms with van der Waals surface area (Å²) in [5.74, 6) is 0. The molecule has 0 spiro atoms. The van der Waals surface area contributed by atoms with E-state index in [0.29, 0.717) is 13.2 Å². The largest absolute Gasteiger partial charge is 0.394 e. The average Bonchev–Trinajstić information content (AvgIpc) is 2.41. The summed E-state index contributed by atoms with van der Waals surface area (Å²) in [4.78, 5) is 2.28. The summed E-state index contributed by atoms with van der Waals surface area (Å²) in [7, 11) is 0. The number of nitrogens with two attached hydrogens (primary N) is 1. The smallest absolute Gasteiger partial charge is 0.0933 e. The Morgan fingerprint density at radius 1 is 1.47 bits per heavy atom. The molecular weight excluding hydrogens is 264 g/mol. The lowest BCUT2D eigenvalue weighted by atomic mass is 9.98. The van der Waals surface area contributed by atoms with Crippen molar-refractivity contribution in [3.05, 3.63) is 34.9 Å². The fourth-order valence-corrected chi connectivity index (χ4v) is 2.74. The minimum absolute atomic E-state index is 0.00128. The molecule has 0 bridgehead atoms. The Morgan fingerprint density at radius 2 is 2.16 bits per heavy atom. The van der Waals surface area contributed by atoms with Crippen molar-refractivity contribution in [3.63, 3.8) is 0 Å². The zero-order chi connectivity index (χ0) is 13.8. The number of rotatable bonds is 4. The Kier molecular flexibility index (Phi) is 5.19. The van der Waals surface area contributed by atoms with Crippen LogP contribution in [-0.2, 0) is 4.74 Å². The van der Waals surface area contributed by atoms with Gasteiger partial charge >= 0.3 is 0 Å². The van der Waals surface area contributed by atoms with E-state index in [1.54, 1.807) is 0 Å². The Morgan fingerprint density at radius 3 is 2.74 bits per heavy atom. The van der Waals surface area contributed by atoms with Crippen LogP contribution in [0.1, 0.15) is 18.5 Å². The highest BCUT2D eigenvalue weighted by Crippen LogP contribution is 2.26. The number of hydrogen-bond donors (Lipinski definition) is 2. The molecule has 1 fully saturated rings. The second kappa shape index (κ2) is 6.68. The highest BCUT2D eigenvalue weighted by atomic mass is 35.5. The van der Waals surface area contributed by atoms with Crippen molar-refractivity contribution in [3.8, 4) is 0 Å². The lowest BCUT2D eigenvalue weighted by molar-refractivity contribution is -0.0675. The first-order valence-electron chi connectivity index (χ1n) is 6.59. The third-order valence-electron chi connectivity index (χ3n) is 3.48. The van der Waals surface area contributed by atoms with Crippen LogP contribution in [0, 0.1) is 0 Å². The summed E-state index contributed by atoms with van der Waals surface area (Å²) < 4.78 is 5.49. The first-order valence-corrected chi connectivity index (χ1v) is 6.97. The van der Waals surface area contributed by atoms with E-state index in [2.05, 4.69) is 4.90 Å². The van der Waals surface area contributed by atoms with Gasteiger partial charge < -0.3 is 15.6 Å². The van der Waals surface area contributed by atoms with E-state index < -0.39 is 0 Å². The van der Waals surface area contributed by atoms with Crippen molar-refractivity contribution in [2.45, 2.75) is 25.1 Å². The molecule has 0 aliphatic carbocycles. The van der Waals surface area contributed by atoms with Gasteiger partial charge in [-0.2, -0.15) is 0 Å². The SMILES string of the molecule is CC(N)C(c1ccc(Cl)cc1)N1CCOC(CO)C1. The quantitative estimate of drug-likeness (QED) is 0.878. The second-order valence-electron chi connectivity index (χ2n) is 5.03. The molecule has 19 heavy (non-hydrogen) atoms. The van der Waals surface area contributed by atoms with Gasteiger partial charge in [-0.1, -0.05) is 23.7 Å². The zero-order valence-electron chi connectivity index (χ0n) is 11.1. The number of aliphatic hydroxyl groups is 1. The number of hydrogen-bond acceptors (Lipinski definition) is 4. The molecule has 1 aliphatic rings. The van der Waals surface area contributed by atoms with Crippen molar-refractivity contribution in [1.29, 1.82) is 0 Å². The second-order valence-corrected chi connectivity index (χ2v) is 5.46. The summed E-state index contributed by atoms with van der Waals surface area (Å²) in [6.07, 6.45) is -0.123. The van der Waals surface area contributed by atoms with Crippen molar-refractivity contribution < 1.29 is 9.84 Å². The maximum absolute atomic E-state index is 9.24. The Bertz CT molecular complexity index is 397. The summed E-state index contributed by atoms with van der Waals surface area (Å²) in [6, 6.07) is 7.92. The first kappa shape index (κ1) is 14.8. The molecule has 1 saturated heterocycles. The van der Waals surface area contributed by atoms with Gasteiger partial charge in [-0.3, -0.25) is 4.90 Å². The van der Waals surface area contributed by atoms with Crippen LogP contribution >= 0.6 is 11.6 Å². The third-order valence-corrected chi connectivity index (χ3v) is 3.73. The molecular formula is C14H21ClN2O2. The van der Waals surface area contributed by atoms with Gasteiger partial charge in [0.1, 0.15) is 0 Å². The summed E-state index contributed by atoms with van der Waals surface area (Å²) in [5.41, 5.74) is 7.30. The zero-order valence-corrected chi connectivity index (χ0v) is 11.9. The van der Waals surface area contributed by atoms with Gasteiger partial charge in [-0.25, -0.2) is 0 Å². The summed E-state index contributed by atoms with van der Waals surface area (Å²) >= 11 is 5.93. The van der Waals surface area contributed by atoms with Crippen molar-refractivity contribution in [1.82, 2.24) is 4.90 Å². The van der Waals surface area contributed by atoms with E-state index in [0.717, 1.165) is 17.1 Å². The van der Waals surface area contributed by atoms with Gasteiger partial charge in [0.2, 0.25) is 0 Å². The van der Waals surface area contributed by atoms with Crippen molar-refractivity contribution in [2.75, 3.05) is 26.3 Å². The van der Waals surface area contributed by atoms with Gasteiger partial charge in [0.25, 0.3) is 0 Å². The fourth-order valence-electron chi connectivity index (χ4n) is 2.61. The van der Waals surface area contributed by atoms with E-state index in [1.807, 2.05) is 31.2 Å². The predicted molar refractivity (Wildman–Crippen MR) is 76.2 cm³/mol. The fraction of sp³-hybridized carbons (Fsp3) is 0.571. The van der Waals surface area contributed by atoms with Gasteiger partial charge in [0, 0.05) is 30.2 Å². The third kappa shape index (κ3) is 3.68. The lowest BCUT2D eigenvalue weighted by Gasteiger charge is -2.39. The molecule has 1 aliphatic heterocycles. The van der Waals surface area contributed by atoms with E-state index in [1.165, 1.54) is 0 Å². The molecule has 1 aromatic carbocycles. The molecule has 0 saturated carbocycles. The standard InChI is InChI=1S/C14H21ClN2O2/c1-10(16)14(11-2-4-12(15)5-3-11)17-6-7-19-13(8-17)9-18/h2-5,10,13-14,18H,6-9,16H2,1H3. The van der Waals surface area contributed by atoms with E-state index in [-0.39, 0.29) is 24.8 Å².